The number of likely N-dealkylation sites (tertiary alicyclic amines) is 1. The predicted molar refractivity (Wildman–Crippen MR) is 114 cm³/mol. The molecule has 0 bridgehead atoms. The number of aromatic nitrogens is 1. The van der Waals surface area contributed by atoms with Crippen molar-refractivity contribution in [1.29, 1.82) is 0 Å². The average Bonchev–Trinajstić information content (AvgIpc) is 3.10. The first-order chi connectivity index (χ1) is 14.1. The van der Waals surface area contributed by atoms with E-state index < -0.39 is 6.35 Å². The fraction of sp³-hybridized carbons (Fsp3) is 0.667. The molecular weight excluding hydrogens is 392 g/mol. The Balaban J connectivity index is 1.55. The van der Waals surface area contributed by atoms with Crippen LogP contribution in [-0.2, 0) is 17.7 Å². The summed E-state index contributed by atoms with van der Waals surface area (Å²) in [5.74, 6) is 0.718. The first kappa shape index (κ1) is 20.9. The molecule has 0 amide bonds. The molecule has 8 heteroatoms. The molecule has 2 aromatic rings. The Morgan fingerprint density at radius 3 is 2.93 bits per heavy atom. The highest BCUT2D eigenvalue weighted by molar-refractivity contribution is 6.34. The monoisotopic (exact) mass is 422 g/mol. The van der Waals surface area contributed by atoms with Crippen molar-refractivity contribution in [1.82, 2.24) is 15.2 Å². The zero-order valence-electron chi connectivity index (χ0n) is 17.0. The van der Waals surface area contributed by atoms with Crippen molar-refractivity contribution < 1.29 is 14.3 Å². The summed E-state index contributed by atoms with van der Waals surface area (Å²) in [5, 5.41) is 16.9. The van der Waals surface area contributed by atoms with Crippen LogP contribution >= 0.6 is 11.6 Å². The lowest BCUT2D eigenvalue weighted by atomic mass is 10.0. The molecule has 1 aromatic heterocycles. The van der Waals surface area contributed by atoms with Gasteiger partial charge in [0.1, 0.15) is 5.52 Å². The van der Waals surface area contributed by atoms with Crippen LogP contribution in [0, 0.1) is 0 Å². The minimum atomic E-state index is -0.837. The number of piperidine rings is 1. The maximum Gasteiger partial charge on any atom is 0.209 e. The fourth-order valence-electron chi connectivity index (χ4n) is 4.30. The van der Waals surface area contributed by atoms with E-state index in [1.54, 1.807) is 0 Å². The van der Waals surface area contributed by atoms with E-state index in [-0.39, 0.29) is 0 Å². The van der Waals surface area contributed by atoms with Crippen LogP contribution in [0.25, 0.3) is 11.1 Å². The molecule has 2 aliphatic rings. The van der Waals surface area contributed by atoms with Crippen molar-refractivity contribution >= 4 is 28.4 Å². The van der Waals surface area contributed by atoms with Crippen LogP contribution in [0.1, 0.15) is 50.5 Å². The van der Waals surface area contributed by atoms with Gasteiger partial charge in [-0.15, -0.1) is 0 Å². The van der Waals surface area contributed by atoms with Gasteiger partial charge < -0.3 is 19.6 Å². The Morgan fingerprint density at radius 1 is 1.31 bits per heavy atom. The second-order valence-corrected chi connectivity index (χ2v) is 8.32. The molecule has 160 valence electrons. The molecule has 7 nitrogen and oxygen atoms in total. The number of ether oxygens (including phenoxy) is 1. The average molecular weight is 423 g/mol. The van der Waals surface area contributed by atoms with Crippen molar-refractivity contribution in [2.45, 2.75) is 64.4 Å². The first-order valence-corrected chi connectivity index (χ1v) is 11.1. The number of halogens is 1. The second kappa shape index (κ2) is 9.62. The minimum Gasteiger partial charge on any atom is -0.439 e. The van der Waals surface area contributed by atoms with Crippen LogP contribution in [0.3, 0.4) is 0 Å². The molecule has 3 heterocycles. The molecule has 2 aliphatic heterocycles. The SMILES string of the molecule is CCOC1CCN(Cc2nc3cc(Cl)c4c(c3o2)CCCCCNC(O)N4)CC1. The molecule has 1 saturated heterocycles. The number of oxazole rings is 1. The van der Waals surface area contributed by atoms with Crippen molar-refractivity contribution in [2.24, 2.45) is 0 Å². The minimum absolute atomic E-state index is 0.373. The molecule has 0 spiro atoms. The van der Waals surface area contributed by atoms with Crippen molar-refractivity contribution in [3.05, 3.63) is 22.5 Å². The molecule has 0 saturated carbocycles. The Hall–Kier alpha value is -1.38. The topological polar surface area (TPSA) is 82.8 Å². The van der Waals surface area contributed by atoms with E-state index in [4.69, 9.17) is 25.7 Å². The summed E-state index contributed by atoms with van der Waals surface area (Å²) in [6, 6.07) is 1.83. The van der Waals surface area contributed by atoms with Gasteiger partial charge in [0.15, 0.2) is 11.9 Å². The van der Waals surface area contributed by atoms with Crippen LogP contribution in [-0.4, -0.2) is 53.7 Å². The maximum atomic E-state index is 10.2. The van der Waals surface area contributed by atoms with Crippen LogP contribution < -0.4 is 10.6 Å². The summed E-state index contributed by atoms with van der Waals surface area (Å²) >= 11 is 6.55. The van der Waals surface area contributed by atoms with Gasteiger partial charge in [0, 0.05) is 25.3 Å². The number of nitrogens with one attached hydrogen (secondary N) is 2. The maximum absolute atomic E-state index is 10.2. The van der Waals surface area contributed by atoms with E-state index in [0.29, 0.717) is 17.7 Å². The molecule has 0 aliphatic carbocycles. The number of fused-ring (bicyclic) bond motifs is 3. The number of rotatable bonds is 4. The number of aliphatic hydroxyl groups excluding tert-OH is 1. The van der Waals surface area contributed by atoms with Gasteiger partial charge in [-0.3, -0.25) is 10.2 Å². The fourth-order valence-corrected chi connectivity index (χ4v) is 4.57. The van der Waals surface area contributed by atoms with Crippen LogP contribution in [0.5, 0.6) is 0 Å². The van der Waals surface area contributed by atoms with Crippen LogP contribution in [0.2, 0.25) is 5.02 Å². The molecule has 0 radical (unpaired) electrons. The molecular formula is C21H31ClN4O3. The zero-order chi connectivity index (χ0) is 20.2. The Labute approximate surface area is 176 Å². The highest BCUT2D eigenvalue weighted by Gasteiger charge is 2.23. The number of hydrogen-bond donors (Lipinski definition) is 3. The van der Waals surface area contributed by atoms with Gasteiger partial charge in [-0.2, -0.15) is 0 Å². The summed E-state index contributed by atoms with van der Waals surface area (Å²) in [6.45, 7) is 6.27. The summed E-state index contributed by atoms with van der Waals surface area (Å²) in [5.41, 5.74) is 3.31. The van der Waals surface area contributed by atoms with E-state index in [9.17, 15) is 5.11 Å². The largest absolute Gasteiger partial charge is 0.439 e. The highest BCUT2D eigenvalue weighted by Crippen LogP contribution is 2.36. The molecule has 4 rings (SSSR count). The Morgan fingerprint density at radius 2 is 2.14 bits per heavy atom. The Kier molecular flexibility index (Phi) is 6.92. The Bertz CT molecular complexity index is 820. The van der Waals surface area contributed by atoms with Crippen LogP contribution in [0.15, 0.2) is 10.5 Å². The highest BCUT2D eigenvalue weighted by atomic mass is 35.5. The zero-order valence-corrected chi connectivity index (χ0v) is 17.8. The third-order valence-electron chi connectivity index (χ3n) is 5.79. The number of hydrogen-bond acceptors (Lipinski definition) is 7. The number of aliphatic hydroxyl groups is 1. The van der Waals surface area contributed by atoms with Crippen molar-refractivity contribution in [3.8, 4) is 0 Å². The molecule has 1 atom stereocenters. The number of nitrogens with zero attached hydrogens (tertiary/aromatic N) is 2. The smallest absolute Gasteiger partial charge is 0.209 e. The number of aryl methyl sites for hydroxylation is 1. The number of anilines is 1. The predicted octanol–water partition coefficient (Wildman–Crippen LogP) is 3.49. The van der Waals surface area contributed by atoms with E-state index >= 15 is 0 Å². The van der Waals surface area contributed by atoms with Crippen LogP contribution in [0.4, 0.5) is 5.69 Å². The van der Waals surface area contributed by atoms with E-state index in [1.807, 2.05) is 13.0 Å². The van der Waals surface area contributed by atoms with Gasteiger partial charge in [-0.05, 0) is 51.6 Å². The number of benzene rings is 1. The lowest BCUT2D eigenvalue weighted by Gasteiger charge is -2.30. The molecule has 1 fully saturated rings. The summed E-state index contributed by atoms with van der Waals surface area (Å²) < 4.78 is 12.0. The van der Waals surface area contributed by atoms with E-state index in [1.165, 1.54) is 0 Å². The standard InChI is InChI=1S/C21H31ClN4O3/c1-2-28-14-7-10-26(11-8-14)13-18-24-17-12-16(22)19-15(20(17)29-18)6-4-3-5-9-23-21(27)25-19/h12,14,21,23,25,27H,2-11,13H2,1H3. The molecule has 1 aromatic carbocycles. The summed E-state index contributed by atoms with van der Waals surface area (Å²) in [6.07, 6.45) is 5.63. The third-order valence-corrected chi connectivity index (χ3v) is 6.09. The molecule has 29 heavy (non-hydrogen) atoms. The molecule has 3 N–H and O–H groups in total. The van der Waals surface area contributed by atoms with Gasteiger partial charge in [0.05, 0.1) is 23.4 Å². The van der Waals surface area contributed by atoms with Gasteiger partial charge in [0.2, 0.25) is 5.89 Å². The van der Waals surface area contributed by atoms with Gasteiger partial charge in [-0.25, -0.2) is 4.98 Å². The van der Waals surface area contributed by atoms with Gasteiger partial charge >= 0.3 is 0 Å². The van der Waals surface area contributed by atoms with Crippen molar-refractivity contribution in [3.63, 3.8) is 0 Å². The summed E-state index contributed by atoms with van der Waals surface area (Å²) in [7, 11) is 0. The summed E-state index contributed by atoms with van der Waals surface area (Å²) in [4.78, 5) is 7.08. The lowest BCUT2D eigenvalue weighted by molar-refractivity contribution is 0.0109. The third kappa shape index (κ3) is 5.03. The second-order valence-electron chi connectivity index (χ2n) is 7.91. The van der Waals surface area contributed by atoms with Crippen molar-refractivity contribution in [2.75, 3.05) is 31.6 Å². The van der Waals surface area contributed by atoms with Gasteiger partial charge in [-0.1, -0.05) is 18.0 Å². The van der Waals surface area contributed by atoms with Gasteiger partial charge in [0.25, 0.3) is 0 Å². The lowest BCUT2D eigenvalue weighted by Crippen LogP contribution is -2.37. The molecule has 1 unspecified atom stereocenters. The van der Waals surface area contributed by atoms with E-state index in [2.05, 4.69) is 15.5 Å². The first-order valence-electron chi connectivity index (χ1n) is 10.8. The van der Waals surface area contributed by atoms with E-state index in [0.717, 1.165) is 93.0 Å². The normalized spacial score (nSPS) is 22.4. The quantitative estimate of drug-likeness (QED) is 0.695.